The minimum Gasteiger partial charge on any atom is -0.352 e. The Balaban J connectivity index is 2.35. The van der Waals surface area contributed by atoms with E-state index in [1.807, 2.05) is 44.2 Å². The zero-order valence-electron chi connectivity index (χ0n) is 9.29. The lowest BCUT2D eigenvalue weighted by Gasteiger charge is -2.17. The molecule has 1 aromatic rings. The number of carbonyl (C=O) groups is 1. The zero-order chi connectivity index (χ0) is 11.3. The molecule has 15 heavy (non-hydrogen) atoms. The maximum absolute atomic E-state index is 11.4. The van der Waals surface area contributed by atoms with E-state index in [1.54, 1.807) is 0 Å². The summed E-state index contributed by atoms with van der Waals surface area (Å²) in [6.07, 6.45) is 0.347. The summed E-state index contributed by atoms with van der Waals surface area (Å²) >= 11 is 0. The molecule has 3 nitrogen and oxygen atoms in total. The Morgan fingerprint density at radius 2 is 1.93 bits per heavy atom. The highest BCUT2D eigenvalue weighted by molar-refractivity contribution is 5.77. The van der Waals surface area contributed by atoms with Crippen LogP contribution in [0.4, 0.5) is 0 Å². The molecule has 0 aromatic heterocycles. The Morgan fingerprint density at radius 3 is 2.47 bits per heavy atom. The molecule has 0 aliphatic carbocycles. The van der Waals surface area contributed by atoms with E-state index in [9.17, 15) is 4.79 Å². The summed E-state index contributed by atoms with van der Waals surface area (Å²) in [5.74, 6) is -0.00801. The maximum Gasteiger partial charge on any atom is 0.222 e. The van der Waals surface area contributed by atoms with Crippen LogP contribution in [0.1, 0.15) is 25.8 Å². The molecule has 82 valence electrons. The van der Waals surface area contributed by atoms with Crippen LogP contribution in [0.25, 0.3) is 0 Å². The van der Waals surface area contributed by atoms with Crippen molar-refractivity contribution in [3.8, 4) is 0 Å². The third-order valence-electron chi connectivity index (χ3n) is 1.95. The van der Waals surface area contributed by atoms with E-state index in [4.69, 9.17) is 5.73 Å². The van der Waals surface area contributed by atoms with E-state index >= 15 is 0 Å². The molecule has 1 rings (SSSR count). The van der Waals surface area contributed by atoms with Gasteiger partial charge in [-0.05, 0) is 19.4 Å². The minimum absolute atomic E-state index is 0.00801. The fourth-order valence-corrected chi connectivity index (χ4v) is 1.27. The Morgan fingerprint density at radius 1 is 1.33 bits per heavy atom. The Labute approximate surface area is 90.7 Å². The number of nitrogens with one attached hydrogen (secondary N) is 1. The molecule has 0 atom stereocenters. The van der Waals surface area contributed by atoms with Crippen LogP contribution in [-0.4, -0.2) is 11.4 Å². The largest absolute Gasteiger partial charge is 0.352 e. The second-order valence-electron chi connectivity index (χ2n) is 4.43. The third-order valence-corrected chi connectivity index (χ3v) is 1.95. The van der Waals surface area contributed by atoms with Crippen LogP contribution in [0.3, 0.4) is 0 Å². The molecule has 3 heteroatoms. The van der Waals surface area contributed by atoms with Crippen LogP contribution >= 0.6 is 0 Å². The maximum atomic E-state index is 11.4. The van der Waals surface area contributed by atoms with Gasteiger partial charge in [-0.2, -0.15) is 0 Å². The van der Waals surface area contributed by atoms with Crippen LogP contribution in [0.2, 0.25) is 0 Å². The first-order chi connectivity index (χ1) is 6.97. The van der Waals surface area contributed by atoms with Gasteiger partial charge in [-0.15, -0.1) is 0 Å². The standard InChI is InChI=1S/C12H18N2O/c1-12(2,13)8-11(15)14-9-10-6-4-3-5-7-10/h3-7H,8-9,13H2,1-2H3,(H,14,15). The molecule has 1 amide bonds. The first-order valence-corrected chi connectivity index (χ1v) is 5.07. The monoisotopic (exact) mass is 206 g/mol. The SMILES string of the molecule is CC(C)(N)CC(=O)NCc1ccccc1. The number of hydrogen-bond donors (Lipinski definition) is 2. The molecule has 0 radical (unpaired) electrons. The second kappa shape index (κ2) is 4.94. The molecule has 0 spiro atoms. The average Bonchev–Trinajstić information content (AvgIpc) is 2.14. The van der Waals surface area contributed by atoms with Crippen molar-refractivity contribution >= 4 is 5.91 Å². The van der Waals surface area contributed by atoms with Gasteiger partial charge in [-0.1, -0.05) is 30.3 Å². The lowest BCUT2D eigenvalue weighted by molar-refractivity contribution is -0.122. The van der Waals surface area contributed by atoms with E-state index in [0.29, 0.717) is 13.0 Å². The van der Waals surface area contributed by atoms with Gasteiger partial charge in [0, 0.05) is 18.5 Å². The molecule has 1 aromatic carbocycles. The molecule has 0 aliphatic heterocycles. The molecule has 0 heterocycles. The zero-order valence-corrected chi connectivity index (χ0v) is 9.29. The van der Waals surface area contributed by atoms with Crippen molar-refractivity contribution in [2.24, 2.45) is 5.73 Å². The van der Waals surface area contributed by atoms with E-state index in [0.717, 1.165) is 5.56 Å². The van der Waals surface area contributed by atoms with Gasteiger partial charge in [0.15, 0.2) is 0 Å². The van der Waals surface area contributed by atoms with Gasteiger partial charge in [0.25, 0.3) is 0 Å². The number of carbonyl (C=O) groups excluding carboxylic acids is 1. The molecule has 0 bridgehead atoms. The predicted octanol–water partition coefficient (Wildman–Crippen LogP) is 1.43. The van der Waals surface area contributed by atoms with Crippen molar-refractivity contribution in [1.82, 2.24) is 5.32 Å². The van der Waals surface area contributed by atoms with Crippen LogP contribution in [0.15, 0.2) is 30.3 Å². The van der Waals surface area contributed by atoms with E-state index in [-0.39, 0.29) is 5.91 Å². The molecule has 0 aliphatic rings. The molecule has 3 N–H and O–H groups in total. The van der Waals surface area contributed by atoms with E-state index in [2.05, 4.69) is 5.32 Å². The quantitative estimate of drug-likeness (QED) is 0.783. The number of rotatable bonds is 4. The molecular formula is C12H18N2O. The van der Waals surface area contributed by atoms with Gasteiger partial charge in [-0.3, -0.25) is 4.79 Å². The number of hydrogen-bond acceptors (Lipinski definition) is 2. The van der Waals surface area contributed by atoms with E-state index < -0.39 is 5.54 Å². The normalized spacial score (nSPS) is 11.1. The number of nitrogens with two attached hydrogens (primary N) is 1. The van der Waals surface area contributed by atoms with Crippen molar-refractivity contribution in [3.63, 3.8) is 0 Å². The van der Waals surface area contributed by atoms with Crippen LogP contribution in [0, 0.1) is 0 Å². The van der Waals surface area contributed by atoms with Crippen molar-refractivity contribution in [3.05, 3.63) is 35.9 Å². The molecule has 0 saturated carbocycles. The predicted molar refractivity (Wildman–Crippen MR) is 61.2 cm³/mol. The number of benzene rings is 1. The summed E-state index contributed by atoms with van der Waals surface area (Å²) in [6, 6.07) is 9.82. The molecular weight excluding hydrogens is 188 g/mol. The van der Waals surface area contributed by atoms with Crippen LogP contribution in [0.5, 0.6) is 0 Å². The summed E-state index contributed by atoms with van der Waals surface area (Å²) in [7, 11) is 0. The number of amides is 1. The second-order valence-corrected chi connectivity index (χ2v) is 4.43. The Bertz CT molecular complexity index is 314. The van der Waals surface area contributed by atoms with Gasteiger partial charge >= 0.3 is 0 Å². The summed E-state index contributed by atoms with van der Waals surface area (Å²) < 4.78 is 0. The first-order valence-electron chi connectivity index (χ1n) is 5.07. The fourth-order valence-electron chi connectivity index (χ4n) is 1.27. The Kier molecular flexibility index (Phi) is 3.86. The molecule has 0 saturated heterocycles. The summed E-state index contributed by atoms with van der Waals surface area (Å²) in [6.45, 7) is 4.25. The van der Waals surface area contributed by atoms with Gasteiger partial charge in [0.1, 0.15) is 0 Å². The smallest absolute Gasteiger partial charge is 0.222 e. The summed E-state index contributed by atoms with van der Waals surface area (Å²) in [5, 5.41) is 2.84. The highest BCUT2D eigenvalue weighted by Gasteiger charge is 2.15. The van der Waals surface area contributed by atoms with Crippen LogP contribution in [-0.2, 0) is 11.3 Å². The lowest BCUT2D eigenvalue weighted by Crippen LogP contribution is -2.38. The fraction of sp³-hybridized carbons (Fsp3) is 0.417. The van der Waals surface area contributed by atoms with Crippen molar-refractivity contribution < 1.29 is 4.79 Å². The van der Waals surface area contributed by atoms with E-state index in [1.165, 1.54) is 0 Å². The minimum atomic E-state index is -0.444. The van der Waals surface area contributed by atoms with Crippen molar-refractivity contribution in [1.29, 1.82) is 0 Å². The van der Waals surface area contributed by atoms with Gasteiger partial charge in [-0.25, -0.2) is 0 Å². The van der Waals surface area contributed by atoms with Gasteiger partial charge in [0.2, 0.25) is 5.91 Å². The third kappa shape index (κ3) is 5.18. The Hall–Kier alpha value is -1.35. The topological polar surface area (TPSA) is 55.1 Å². The van der Waals surface area contributed by atoms with Crippen molar-refractivity contribution in [2.75, 3.05) is 0 Å². The molecule has 0 unspecified atom stereocenters. The highest BCUT2D eigenvalue weighted by Crippen LogP contribution is 2.03. The lowest BCUT2D eigenvalue weighted by atomic mass is 10.0. The highest BCUT2D eigenvalue weighted by atomic mass is 16.1. The van der Waals surface area contributed by atoms with Gasteiger partial charge in [0.05, 0.1) is 0 Å². The average molecular weight is 206 g/mol. The molecule has 0 fully saturated rings. The summed E-state index contributed by atoms with van der Waals surface area (Å²) in [4.78, 5) is 11.4. The first kappa shape index (κ1) is 11.7. The van der Waals surface area contributed by atoms with Crippen molar-refractivity contribution in [2.45, 2.75) is 32.4 Å². The van der Waals surface area contributed by atoms with Gasteiger partial charge < -0.3 is 11.1 Å². The van der Waals surface area contributed by atoms with Crippen LogP contribution < -0.4 is 11.1 Å². The summed E-state index contributed by atoms with van der Waals surface area (Å²) in [5.41, 5.74) is 6.40.